The monoisotopic (exact) mass is 266 g/mol. The lowest BCUT2D eigenvalue weighted by molar-refractivity contribution is -0.121. The lowest BCUT2D eigenvalue weighted by Crippen LogP contribution is -2.27. The lowest BCUT2D eigenvalue weighted by Gasteiger charge is -2.05. The van der Waals surface area contributed by atoms with Crippen LogP contribution in [0, 0.1) is 0 Å². The molecule has 1 aromatic rings. The number of hydrogen-bond donors (Lipinski definition) is 2. The largest absolute Gasteiger partial charge is 0.467 e. The van der Waals surface area contributed by atoms with Gasteiger partial charge in [0.1, 0.15) is 0 Å². The van der Waals surface area contributed by atoms with E-state index in [1.165, 1.54) is 7.11 Å². The molecule has 0 aliphatic heterocycles. The van der Waals surface area contributed by atoms with E-state index in [2.05, 4.69) is 20.6 Å². The molecule has 2 N–H and O–H groups in total. The highest BCUT2D eigenvalue weighted by molar-refractivity contribution is 5.76. The van der Waals surface area contributed by atoms with Crippen molar-refractivity contribution < 1.29 is 14.3 Å². The Morgan fingerprint density at radius 1 is 1.37 bits per heavy atom. The Labute approximate surface area is 111 Å². The predicted octanol–water partition coefficient (Wildman–Crippen LogP) is -0.330. The van der Waals surface area contributed by atoms with Crippen molar-refractivity contribution >= 4 is 12.3 Å². The number of hydrogen-bond acceptors (Lipinski definition) is 5. The Morgan fingerprint density at radius 3 is 2.74 bits per heavy atom. The first-order valence-corrected chi connectivity index (χ1v) is 6.05. The van der Waals surface area contributed by atoms with E-state index >= 15 is 0 Å². The molecule has 1 rings (SSSR count). The molecule has 0 aliphatic carbocycles. The van der Waals surface area contributed by atoms with Gasteiger partial charge in [0.2, 0.25) is 12.3 Å². The van der Waals surface area contributed by atoms with E-state index in [9.17, 15) is 9.59 Å². The third-order valence-corrected chi connectivity index (χ3v) is 2.41. The number of carbonyl (C=O) groups is 2. The summed E-state index contributed by atoms with van der Waals surface area (Å²) >= 11 is 0. The molecule has 0 bridgehead atoms. The minimum Gasteiger partial charge on any atom is -0.467 e. The fourth-order valence-electron chi connectivity index (χ4n) is 1.40. The number of methoxy groups -OCH3 is 1. The first kappa shape index (κ1) is 14.9. The first-order chi connectivity index (χ1) is 9.26. The van der Waals surface area contributed by atoms with E-state index in [1.54, 1.807) is 12.4 Å². The molecule has 0 fully saturated rings. The van der Waals surface area contributed by atoms with Gasteiger partial charge in [-0.15, -0.1) is 0 Å². The molecule has 7 nitrogen and oxygen atoms in total. The normalized spacial score (nSPS) is 9.74. The summed E-state index contributed by atoms with van der Waals surface area (Å²) in [6.07, 6.45) is 5.63. The molecular formula is C12H18N4O3. The van der Waals surface area contributed by atoms with Gasteiger partial charge < -0.3 is 15.4 Å². The molecule has 0 saturated carbocycles. The maximum absolute atomic E-state index is 11.5. The minimum atomic E-state index is -0.0260. The molecular weight excluding hydrogens is 248 g/mol. The maximum Gasteiger partial charge on any atom is 0.316 e. The topological polar surface area (TPSA) is 93.2 Å². The summed E-state index contributed by atoms with van der Waals surface area (Å²) in [7, 11) is 1.50. The van der Waals surface area contributed by atoms with Crippen LogP contribution in [0.1, 0.15) is 18.4 Å². The van der Waals surface area contributed by atoms with Gasteiger partial charge in [0.05, 0.1) is 7.11 Å². The Balaban J connectivity index is 2.16. The van der Waals surface area contributed by atoms with E-state index in [0.29, 0.717) is 38.4 Å². The van der Waals surface area contributed by atoms with Crippen LogP contribution in [-0.4, -0.2) is 42.5 Å². The van der Waals surface area contributed by atoms with E-state index in [1.807, 2.05) is 0 Å². The SMILES string of the molecule is COc1ncc(CCC(=O)NCCCNC=O)cn1. The molecule has 7 heteroatoms. The minimum absolute atomic E-state index is 0.0260. The molecule has 0 atom stereocenters. The quantitative estimate of drug-likeness (QED) is 0.471. The molecule has 1 heterocycles. The second kappa shape index (κ2) is 8.84. The van der Waals surface area contributed by atoms with Gasteiger partial charge in [-0.05, 0) is 18.4 Å². The number of aromatic nitrogens is 2. The molecule has 2 amide bonds. The first-order valence-electron chi connectivity index (χ1n) is 6.05. The zero-order chi connectivity index (χ0) is 13.9. The van der Waals surface area contributed by atoms with Gasteiger partial charge in [0.25, 0.3) is 0 Å². The van der Waals surface area contributed by atoms with E-state index in [4.69, 9.17) is 4.74 Å². The summed E-state index contributed by atoms with van der Waals surface area (Å²) in [6, 6.07) is 0.316. The second-order valence-corrected chi connectivity index (χ2v) is 3.85. The number of ether oxygens (including phenoxy) is 1. The molecule has 0 aliphatic rings. The van der Waals surface area contributed by atoms with Crippen LogP contribution in [0.15, 0.2) is 12.4 Å². The van der Waals surface area contributed by atoms with Gasteiger partial charge >= 0.3 is 6.01 Å². The van der Waals surface area contributed by atoms with Crippen LogP contribution >= 0.6 is 0 Å². The van der Waals surface area contributed by atoms with E-state index in [0.717, 1.165) is 12.0 Å². The van der Waals surface area contributed by atoms with Gasteiger partial charge in [0.15, 0.2) is 0 Å². The van der Waals surface area contributed by atoms with Crippen molar-refractivity contribution in [1.82, 2.24) is 20.6 Å². The van der Waals surface area contributed by atoms with E-state index < -0.39 is 0 Å². The zero-order valence-corrected chi connectivity index (χ0v) is 10.9. The number of nitrogens with one attached hydrogen (secondary N) is 2. The summed E-state index contributed by atoms with van der Waals surface area (Å²) < 4.78 is 4.85. The highest BCUT2D eigenvalue weighted by atomic mass is 16.5. The average molecular weight is 266 g/mol. The fourth-order valence-corrected chi connectivity index (χ4v) is 1.40. The number of carbonyl (C=O) groups excluding carboxylic acids is 2. The lowest BCUT2D eigenvalue weighted by atomic mass is 10.2. The summed E-state index contributed by atoms with van der Waals surface area (Å²) in [6.45, 7) is 1.12. The van der Waals surface area contributed by atoms with Gasteiger partial charge in [-0.3, -0.25) is 9.59 Å². The van der Waals surface area contributed by atoms with Crippen LogP contribution in [0.3, 0.4) is 0 Å². The smallest absolute Gasteiger partial charge is 0.316 e. The van der Waals surface area contributed by atoms with Crippen molar-refractivity contribution in [3.63, 3.8) is 0 Å². The number of aryl methyl sites for hydroxylation is 1. The third-order valence-electron chi connectivity index (χ3n) is 2.41. The molecule has 0 radical (unpaired) electrons. The second-order valence-electron chi connectivity index (χ2n) is 3.85. The number of amides is 2. The molecule has 0 spiro atoms. The maximum atomic E-state index is 11.5. The Hall–Kier alpha value is -2.18. The third kappa shape index (κ3) is 6.35. The van der Waals surface area contributed by atoms with Crippen molar-refractivity contribution in [3.8, 4) is 6.01 Å². The Bertz CT molecular complexity index is 394. The molecule has 0 unspecified atom stereocenters. The molecule has 1 aromatic heterocycles. The highest BCUT2D eigenvalue weighted by Crippen LogP contribution is 2.04. The summed E-state index contributed by atoms with van der Waals surface area (Å²) in [5.74, 6) is -0.0260. The van der Waals surface area contributed by atoms with Crippen molar-refractivity contribution in [2.75, 3.05) is 20.2 Å². The average Bonchev–Trinajstić information content (AvgIpc) is 2.45. The number of rotatable bonds is 9. The van der Waals surface area contributed by atoms with Crippen LogP contribution in [0.2, 0.25) is 0 Å². The van der Waals surface area contributed by atoms with E-state index in [-0.39, 0.29) is 5.91 Å². The summed E-state index contributed by atoms with van der Waals surface area (Å²) in [4.78, 5) is 29.4. The van der Waals surface area contributed by atoms with Crippen LogP contribution in [-0.2, 0) is 16.0 Å². The van der Waals surface area contributed by atoms with Gasteiger partial charge in [0, 0.05) is 31.9 Å². The molecule has 19 heavy (non-hydrogen) atoms. The standard InChI is InChI=1S/C12H18N4O3/c1-19-12-15-7-10(8-16-12)3-4-11(18)14-6-2-5-13-9-17/h7-9H,2-6H2,1H3,(H,13,17)(H,14,18). The van der Waals surface area contributed by atoms with Gasteiger partial charge in [-0.2, -0.15) is 0 Å². The van der Waals surface area contributed by atoms with Crippen LogP contribution in [0.25, 0.3) is 0 Å². The van der Waals surface area contributed by atoms with Crippen LogP contribution in [0.5, 0.6) is 6.01 Å². The van der Waals surface area contributed by atoms with Crippen LogP contribution < -0.4 is 15.4 Å². The Morgan fingerprint density at radius 2 is 2.11 bits per heavy atom. The fraction of sp³-hybridized carbons (Fsp3) is 0.500. The van der Waals surface area contributed by atoms with Crippen molar-refractivity contribution in [2.24, 2.45) is 0 Å². The Kier molecular flexibility index (Phi) is 6.93. The molecule has 104 valence electrons. The summed E-state index contributed by atoms with van der Waals surface area (Å²) in [5.41, 5.74) is 0.888. The van der Waals surface area contributed by atoms with Crippen molar-refractivity contribution in [2.45, 2.75) is 19.3 Å². The summed E-state index contributed by atoms with van der Waals surface area (Å²) in [5, 5.41) is 5.30. The predicted molar refractivity (Wildman–Crippen MR) is 68.6 cm³/mol. The van der Waals surface area contributed by atoms with Gasteiger partial charge in [-0.1, -0.05) is 0 Å². The number of nitrogens with zero attached hydrogens (tertiary/aromatic N) is 2. The van der Waals surface area contributed by atoms with Crippen molar-refractivity contribution in [3.05, 3.63) is 18.0 Å². The molecule has 0 saturated heterocycles. The van der Waals surface area contributed by atoms with Gasteiger partial charge in [-0.25, -0.2) is 9.97 Å². The highest BCUT2D eigenvalue weighted by Gasteiger charge is 2.03. The molecule has 0 aromatic carbocycles. The van der Waals surface area contributed by atoms with Crippen molar-refractivity contribution in [1.29, 1.82) is 0 Å². The van der Waals surface area contributed by atoms with Crippen LogP contribution in [0.4, 0.5) is 0 Å². The zero-order valence-electron chi connectivity index (χ0n) is 10.9.